The van der Waals surface area contributed by atoms with Gasteiger partial charge in [0.15, 0.2) is 0 Å². The normalized spacial score (nSPS) is 10.4. The number of fused-ring (bicyclic) bond motifs is 1. The zero-order chi connectivity index (χ0) is 17.1. The second kappa shape index (κ2) is 8.19. The Morgan fingerprint density at radius 3 is 2.32 bits per heavy atom. The third-order valence-corrected chi connectivity index (χ3v) is 4.20. The Hall–Kier alpha value is -2.30. The molecule has 0 atom stereocenters. The van der Waals surface area contributed by atoms with E-state index in [1.165, 1.54) is 5.56 Å². The second-order valence-corrected chi connectivity index (χ2v) is 5.79. The number of aromatic nitrogens is 1. The summed E-state index contributed by atoms with van der Waals surface area (Å²) < 4.78 is 10.9. The molecule has 0 radical (unpaired) electrons. The van der Waals surface area contributed by atoms with E-state index in [-0.39, 0.29) is 12.4 Å². The highest BCUT2D eigenvalue weighted by Gasteiger charge is 2.11. The van der Waals surface area contributed by atoms with E-state index in [0.717, 1.165) is 39.9 Å². The number of nitrogens with zero attached hydrogens (tertiary/aromatic N) is 1. The van der Waals surface area contributed by atoms with Gasteiger partial charge < -0.3 is 15.2 Å². The smallest absolute Gasteiger partial charge is 0.148 e. The fourth-order valence-electron chi connectivity index (χ4n) is 2.86. The van der Waals surface area contributed by atoms with Crippen molar-refractivity contribution in [3.63, 3.8) is 0 Å². The van der Waals surface area contributed by atoms with Crippen LogP contribution in [0, 0.1) is 6.92 Å². The van der Waals surface area contributed by atoms with Gasteiger partial charge >= 0.3 is 0 Å². The first-order valence-corrected chi connectivity index (χ1v) is 7.99. The molecule has 3 aromatic rings. The lowest BCUT2D eigenvalue weighted by molar-refractivity contribution is 0.397. The van der Waals surface area contributed by atoms with Gasteiger partial charge in [-0.25, -0.2) is 4.98 Å². The molecule has 25 heavy (non-hydrogen) atoms. The van der Waals surface area contributed by atoms with Crippen LogP contribution in [-0.4, -0.2) is 25.7 Å². The summed E-state index contributed by atoms with van der Waals surface area (Å²) in [4.78, 5) is 4.82. The number of pyridine rings is 1. The van der Waals surface area contributed by atoms with Gasteiger partial charge in [-0.15, -0.1) is 12.4 Å². The molecule has 0 saturated heterocycles. The number of aryl methyl sites for hydroxylation is 1. The lowest BCUT2D eigenvalue weighted by Crippen LogP contribution is -2.02. The van der Waals surface area contributed by atoms with E-state index in [4.69, 9.17) is 20.2 Å². The van der Waals surface area contributed by atoms with Crippen molar-refractivity contribution in [2.75, 3.05) is 20.8 Å². The summed E-state index contributed by atoms with van der Waals surface area (Å²) in [6.45, 7) is 2.74. The van der Waals surface area contributed by atoms with Crippen molar-refractivity contribution in [3.05, 3.63) is 53.6 Å². The van der Waals surface area contributed by atoms with Crippen molar-refractivity contribution < 1.29 is 9.47 Å². The summed E-state index contributed by atoms with van der Waals surface area (Å²) in [6, 6.07) is 14.4. The maximum absolute atomic E-state index is 5.61. The molecule has 0 bridgehead atoms. The molecule has 132 valence electrons. The minimum Gasteiger partial charge on any atom is -0.497 e. The first-order chi connectivity index (χ1) is 11.7. The third kappa shape index (κ3) is 3.86. The van der Waals surface area contributed by atoms with Crippen LogP contribution in [0.15, 0.2) is 42.5 Å². The zero-order valence-electron chi connectivity index (χ0n) is 14.7. The molecule has 0 saturated carbocycles. The fraction of sp³-hybridized carbons (Fsp3) is 0.250. The van der Waals surface area contributed by atoms with E-state index in [2.05, 4.69) is 37.3 Å². The number of halogens is 1. The Bertz CT molecular complexity index is 864. The first kappa shape index (κ1) is 19.0. The largest absolute Gasteiger partial charge is 0.497 e. The van der Waals surface area contributed by atoms with E-state index in [0.29, 0.717) is 12.3 Å². The van der Waals surface area contributed by atoms with Crippen LogP contribution in [0.2, 0.25) is 0 Å². The number of ether oxygens (including phenoxy) is 2. The van der Waals surface area contributed by atoms with Crippen LogP contribution in [-0.2, 0) is 6.42 Å². The molecule has 0 aliphatic rings. The number of nitrogens with two attached hydrogens (primary N) is 1. The lowest BCUT2D eigenvalue weighted by Gasteiger charge is -2.12. The molecule has 5 heteroatoms. The van der Waals surface area contributed by atoms with E-state index >= 15 is 0 Å². The Labute approximate surface area is 154 Å². The highest BCUT2D eigenvalue weighted by atomic mass is 35.5. The van der Waals surface area contributed by atoms with Crippen LogP contribution in [0.25, 0.3) is 22.2 Å². The van der Waals surface area contributed by atoms with Gasteiger partial charge in [-0.2, -0.15) is 0 Å². The van der Waals surface area contributed by atoms with Crippen molar-refractivity contribution in [3.8, 4) is 22.8 Å². The molecular weight excluding hydrogens is 336 g/mol. The zero-order valence-corrected chi connectivity index (χ0v) is 15.5. The average Bonchev–Trinajstić information content (AvgIpc) is 2.61. The number of benzene rings is 2. The molecular formula is C20H23ClN2O2. The van der Waals surface area contributed by atoms with Crippen LogP contribution in [0.1, 0.15) is 11.1 Å². The van der Waals surface area contributed by atoms with Crippen LogP contribution in [0.5, 0.6) is 11.5 Å². The Morgan fingerprint density at radius 2 is 1.72 bits per heavy atom. The summed E-state index contributed by atoms with van der Waals surface area (Å²) >= 11 is 0. The highest BCUT2D eigenvalue weighted by molar-refractivity contribution is 5.91. The van der Waals surface area contributed by atoms with Gasteiger partial charge in [0.25, 0.3) is 0 Å². The number of hydrogen-bond donors (Lipinski definition) is 1. The monoisotopic (exact) mass is 358 g/mol. The lowest BCUT2D eigenvalue weighted by atomic mass is 10.0. The van der Waals surface area contributed by atoms with Crippen molar-refractivity contribution >= 4 is 23.3 Å². The molecule has 0 amide bonds. The standard InChI is InChI=1S/C20H22N2O2.ClH/c1-13-10-18(15-6-4-14(5-7-15)8-9-21)22-20-17(13)11-16(23-2)12-19(20)24-3;/h4-7,10-12H,8-9,21H2,1-3H3;1H. The molecule has 1 aromatic heterocycles. The Balaban J connectivity index is 0.00000225. The highest BCUT2D eigenvalue weighted by Crippen LogP contribution is 2.34. The third-order valence-electron chi connectivity index (χ3n) is 4.20. The van der Waals surface area contributed by atoms with Crippen LogP contribution < -0.4 is 15.2 Å². The van der Waals surface area contributed by atoms with Gasteiger partial charge in [0.05, 0.1) is 19.9 Å². The van der Waals surface area contributed by atoms with Crippen molar-refractivity contribution in [2.24, 2.45) is 5.73 Å². The van der Waals surface area contributed by atoms with Gasteiger partial charge in [0, 0.05) is 17.0 Å². The van der Waals surface area contributed by atoms with E-state index in [1.807, 2.05) is 12.1 Å². The molecule has 0 aliphatic heterocycles. The Kier molecular flexibility index (Phi) is 6.23. The molecule has 2 aromatic carbocycles. The number of hydrogen-bond acceptors (Lipinski definition) is 4. The summed E-state index contributed by atoms with van der Waals surface area (Å²) in [7, 11) is 3.31. The first-order valence-electron chi connectivity index (χ1n) is 7.99. The van der Waals surface area contributed by atoms with Crippen molar-refractivity contribution in [2.45, 2.75) is 13.3 Å². The van der Waals surface area contributed by atoms with Gasteiger partial charge in [0.1, 0.15) is 17.0 Å². The van der Waals surface area contributed by atoms with E-state index < -0.39 is 0 Å². The van der Waals surface area contributed by atoms with E-state index in [1.54, 1.807) is 14.2 Å². The molecule has 0 unspecified atom stereocenters. The molecule has 0 fully saturated rings. The summed E-state index contributed by atoms with van der Waals surface area (Å²) in [5, 5.41) is 1.04. The van der Waals surface area contributed by atoms with Crippen molar-refractivity contribution in [1.82, 2.24) is 4.98 Å². The van der Waals surface area contributed by atoms with Crippen LogP contribution in [0.4, 0.5) is 0 Å². The van der Waals surface area contributed by atoms with Gasteiger partial charge in [-0.1, -0.05) is 24.3 Å². The van der Waals surface area contributed by atoms with Gasteiger partial charge in [-0.05, 0) is 43.1 Å². The summed E-state index contributed by atoms with van der Waals surface area (Å²) in [5.41, 5.74) is 10.8. The Morgan fingerprint density at radius 1 is 1.00 bits per heavy atom. The molecule has 3 rings (SSSR count). The minimum atomic E-state index is 0. The average molecular weight is 359 g/mol. The predicted molar refractivity (Wildman–Crippen MR) is 105 cm³/mol. The van der Waals surface area contributed by atoms with E-state index in [9.17, 15) is 0 Å². The SMILES string of the molecule is COc1cc(OC)c2nc(-c3ccc(CCN)cc3)cc(C)c2c1.Cl. The molecule has 4 nitrogen and oxygen atoms in total. The fourth-order valence-corrected chi connectivity index (χ4v) is 2.86. The molecule has 2 N–H and O–H groups in total. The topological polar surface area (TPSA) is 57.4 Å². The number of methoxy groups -OCH3 is 2. The predicted octanol–water partition coefficient (Wildman–Crippen LogP) is 4.15. The minimum absolute atomic E-state index is 0. The number of rotatable bonds is 5. The maximum atomic E-state index is 5.61. The van der Waals surface area contributed by atoms with Crippen LogP contribution >= 0.6 is 12.4 Å². The summed E-state index contributed by atoms with van der Waals surface area (Å²) in [6.07, 6.45) is 0.887. The maximum Gasteiger partial charge on any atom is 0.148 e. The van der Waals surface area contributed by atoms with Crippen molar-refractivity contribution in [1.29, 1.82) is 0 Å². The summed E-state index contributed by atoms with van der Waals surface area (Å²) in [5.74, 6) is 1.48. The molecule has 0 aliphatic carbocycles. The quantitative estimate of drug-likeness (QED) is 0.744. The molecule has 0 spiro atoms. The van der Waals surface area contributed by atoms with Crippen LogP contribution in [0.3, 0.4) is 0 Å². The second-order valence-electron chi connectivity index (χ2n) is 5.79. The van der Waals surface area contributed by atoms with Gasteiger partial charge in [0.2, 0.25) is 0 Å². The molecule has 1 heterocycles. The van der Waals surface area contributed by atoms with Gasteiger partial charge in [-0.3, -0.25) is 0 Å².